The normalized spacial score (nSPS) is 11.1. The van der Waals surface area contributed by atoms with E-state index in [4.69, 9.17) is 0 Å². The van der Waals surface area contributed by atoms with E-state index in [-0.39, 0.29) is 10.0 Å². The van der Waals surface area contributed by atoms with E-state index in [0.717, 1.165) is 19.2 Å². The summed E-state index contributed by atoms with van der Waals surface area (Å²) >= 11 is 3.00. The van der Waals surface area contributed by atoms with Crippen LogP contribution in [0.15, 0.2) is 34.5 Å². The van der Waals surface area contributed by atoms with Gasteiger partial charge in [-0.2, -0.15) is 0 Å². The Hall–Kier alpha value is -1.69. The third-order valence-electron chi connectivity index (χ3n) is 1.86. The summed E-state index contributed by atoms with van der Waals surface area (Å²) in [4.78, 5) is 22.5. The Morgan fingerprint density at radius 3 is 2.65 bits per heavy atom. The monoisotopic (exact) mass is 302 g/mol. The van der Waals surface area contributed by atoms with E-state index in [1.54, 1.807) is 0 Å². The van der Waals surface area contributed by atoms with Gasteiger partial charge in [-0.1, -0.05) is 0 Å². The first-order valence-corrected chi connectivity index (χ1v) is 5.23. The van der Waals surface area contributed by atoms with Gasteiger partial charge in [0, 0.05) is 16.1 Å². The fraction of sp³-hybridized carbons (Fsp3) is 0.0909. The van der Waals surface area contributed by atoms with Crippen LogP contribution in [0.5, 0.6) is 0 Å². The van der Waals surface area contributed by atoms with Crippen molar-refractivity contribution in [1.29, 1.82) is 0 Å². The second kappa shape index (κ2) is 5.58. The van der Waals surface area contributed by atoms with Gasteiger partial charge in [0.1, 0.15) is 5.82 Å². The minimum Gasteiger partial charge on any atom is -0.502 e. The van der Waals surface area contributed by atoms with Crippen LogP contribution in [-0.2, 0) is 9.53 Å². The molecule has 17 heavy (non-hydrogen) atoms. The minimum atomic E-state index is -1.02. The molecule has 0 spiro atoms. The first-order valence-electron chi connectivity index (χ1n) is 4.44. The highest BCUT2D eigenvalue weighted by atomic mass is 79.9. The Morgan fingerprint density at radius 2 is 2.12 bits per heavy atom. The van der Waals surface area contributed by atoms with Crippen LogP contribution in [0.25, 0.3) is 0 Å². The van der Waals surface area contributed by atoms with Crippen molar-refractivity contribution in [2.45, 2.75) is 0 Å². The maximum absolute atomic E-state index is 12.8. The van der Waals surface area contributed by atoms with Crippen molar-refractivity contribution in [3.8, 4) is 0 Å². The molecule has 6 heteroatoms. The van der Waals surface area contributed by atoms with Gasteiger partial charge in [0.15, 0.2) is 5.78 Å². The van der Waals surface area contributed by atoms with E-state index in [1.807, 2.05) is 0 Å². The van der Waals surface area contributed by atoms with Crippen LogP contribution in [0.2, 0.25) is 0 Å². The van der Waals surface area contributed by atoms with Crippen molar-refractivity contribution >= 4 is 27.7 Å². The summed E-state index contributed by atoms with van der Waals surface area (Å²) in [5.74, 6) is -2.97. The summed E-state index contributed by atoms with van der Waals surface area (Å²) in [6.07, 6.45) is 0.712. The summed E-state index contributed by atoms with van der Waals surface area (Å²) in [7, 11) is 1.07. The molecule has 90 valence electrons. The molecular formula is C11H8BrFO4. The van der Waals surface area contributed by atoms with Gasteiger partial charge in [-0.05, 0) is 34.1 Å². The molecule has 0 unspecified atom stereocenters. The van der Waals surface area contributed by atoms with Gasteiger partial charge >= 0.3 is 5.97 Å². The first-order chi connectivity index (χ1) is 7.95. The lowest BCUT2D eigenvalue weighted by Crippen LogP contribution is -2.07. The molecule has 0 saturated carbocycles. The molecule has 1 N–H and O–H groups in total. The summed E-state index contributed by atoms with van der Waals surface area (Å²) in [6, 6.07) is 3.44. The molecule has 1 aromatic rings. The molecule has 0 bridgehead atoms. The van der Waals surface area contributed by atoms with Gasteiger partial charge in [-0.3, -0.25) is 4.79 Å². The molecule has 0 atom stereocenters. The molecule has 0 aromatic heterocycles. The van der Waals surface area contributed by atoms with Crippen LogP contribution < -0.4 is 0 Å². The molecule has 0 aliphatic heterocycles. The number of carbonyl (C=O) groups excluding carboxylic acids is 2. The number of aliphatic hydroxyl groups is 1. The second-order valence-electron chi connectivity index (χ2n) is 3.01. The van der Waals surface area contributed by atoms with Crippen molar-refractivity contribution in [2.75, 3.05) is 7.11 Å². The molecule has 0 aliphatic rings. The number of methoxy groups -OCH3 is 1. The van der Waals surface area contributed by atoms with E-state index in [2.05, 4.69) is 20.7 Å². The highest BCUT2D eigenvalue weighted by Gasteiger charge is 2.13. The molecular weight excluding hydrogens is 295 g/mol. The van der Waals surface area contributed by atoms with Crippen LogP contribution >= 0.6 is 15.9 Å². The van der Waals surface area contributed by atoms with Gasteiger partial charge < -0.3 is 9.84 Å². The number of rotatable bonds is 3. The lowest BCUT2D eigenvalue weighted by Gasteiger charge is -2.01. The molecule has 0 fully saturated rings. The van der Waals surface area contributed by atoms with Crippen LogP contribution in [0.4, 0.5) is 4.39 Å². The van der Waals surface area contributed by atoms with E-state index >= 15 is 0 Å². The number of halogens is 2. The summed E-state index contributed by atoms with van der Waals surface area (Å²) in [5, 5.41) is 9.17. The van der Waals surface area contributed by atoms with Crippen molar-refractivity contribution in [1.82, 2.24) is 0 Å². The molecule has 4 nitrogen and oxygen atoms in total. The van der Waals surface area contributed by atoms with E-state index in [0.29, 0.717) is 6.08 Å². The lowest BCUT2D eigenvalue weighted by atomic mass is 10.1. The maximum atomic E-state index is 12.8. The zero-order valence-electron chi connectivity index (χ0n) is 8.74. The summed E-state index contributed by atoms with van der Waals surface area (Å²) < 4.78 is 17.2. The lowest BCUT2D eigenvalue weighted by molar-refractivity contribution is -0.139. The Morgan fingerprint density at radius 1 is 1.47 bits per heavy atom. The van der Waals surface area contributed by atoms with E-state index < -0.39 is 23.3 Å². The number of aliphatic hydroxyl groups excluding tert-OH is 1. The fourth-order valence-corrected chi connectivity index (χ4v) is 1.60. The van der Waals surface area contributed by atoms with Gasteiger partial charge in [0.25, 0.3) is 0 Å². The largest absolute Gasteiger partial charge is 0.502 e. The third kappa shape index (κ3) is 3.39. The van der Waals surface area contributed by atoms with Crippen molar-refractivity contribution in [2.24, 2.45) is 0 Å². The topological polar surface area (TPSA) is 63.6 Å². The molecule has 0 amide bonds. The van der Waals surface area contributed by atoms with E-state index in [9.17, 15) is 19.1 Å². The van der Waals surface area contributed by atoms with Crippen LogP contribution in [0.1, 0.15) is 10.4 Å². The summed E-state index contributed by atoms with van der Waals surface area (Å²) in [5.41, 5.74) is 0.127. The predicted molar refractivity (Wildman–Crippen MR) is 61.2 cm³/mol. The van der Waals surface area contributed by atoms with Gasteiger partial charge in [-0.15, -0.1) is 0 Å². The second-order valence-corrected chi connectivity index (χ2v) is 3.86. The summed E-state index contributed by atoms with van der Waals surface area (Å²) in [6.45, 7) is 0. The number of ketones is 1. The third-order valence-corrected chi connectivity index (χ3v) is 2.52. The minimum absolute atomic E-state index is 0.127. The standard InChI is InChI=1S/C11H8BrFO4/c1-17-11(16)10(15)5-9(14)7-3-2-6(13)4-8(7)12/h2-5,15H,1H3/b10-5-. The Balaban J connectivity index is 3.02. The molecule has 0 aliphatic carbocycles. The Kier molecular flexibility index (Phi) is 4.39. The molecule has 0 saturated heterocycles. The van der Waals surface area contributed by atoms with Crippen LogP contribution in [-0.4, -0.2) is 24.0 Å². The van der Waals surface area contributed by atoms with Crippen molar-refractivity contribution < 1.29 is 23.8 Å². The Bertz CT molecular complexity index is 496. The van der Waals surface area contributed by atoms with Gasteiger partial charge in [0.2, 0.25) is 5.76 Å². The van der Waals surface area contributed by atoms with Gasteiger partial charge in [0.05, 0.1) is 7.11 Å². The van der Waals surface area contributed by atoms with Gasteiger partial charge in [-0.25, -0.2) is 9.18 Å². The Labute approximate surface area is 105 Å². The van der Waals surface area contributed by atoms with Crippen molar-refractivity contribution in [3.05, 3.63) is 45.9 Å². The zero-order chi connectivity index (χ0) is 13.0. The highest BCUT2D eigenvalue weighted by molar-refractivity contribution is 9.10. The average molecular weight is 303 g/mol. The predicted octanol–water partition coefficient (Wildman–Crippen LogP) is 2.39. The van der Waals surface area contributed by atoms with Crippen molar-refractivity contribution in [3.63, 3.8) is 0 Å². The average Bonchev–Trinajstić information content (AvgIpc) is 2.27. The van der Waals surface area contributed by atoms with E-state index in [1.165, 1.54) is 6.07 Å². The molecule has 0 heterocycles. The van der Waals surface area contributed by atoms with Crippen LogP contribution in [0, 0.1) is 5.82 Å². The first kappa shape index (κ1) is 13.4. The number of esters is 1. The molecule has 0 radical (unpaired) electrons. The SMILES string of the molecule is COC(=O)/C(O)=C/C(=O)c1ccc(F)cc1Br. The molecule has 1 aromatic carbocycles. The number of hydrogen-bond donors (Lipinski definition) is 1. The maximum Gasteiger partial charge on any atom is 0.373 e. The smallest absolute Gasteiger partial charge is 0.373 e. The number of allylic oxidation sites excluding steroid dienone is 1. The number of carbonyl (C=O) groups is 2. The van der Waals surface area contributed by atoms with Crippen LogP contribution in [0.3, 0.4) is 0 Å². The molecule has 1 rings (SSSR count). The highest BCUT2D eigenvalue weighted by Crippen LogP contribution is 2.19. The fourth-order valence-electron chi connectivity index (χ4n) is 1.05. The quantitative estimate of drug-likeness (QED) is 0.403. The number of benzene rings is 1. The number of ether oxygens (including phenoxy) is 1. The number of hydrogen-bond acceptors (Lipinski definition) is 4. The zero-order valence-corrected chi connectivity index (χ0v) is 10.3.